The zero-order valence-electron chi connectivity index (χ0n) is 12.5. The molecule has 2 heterocycles. The molecule has 1 fully saturated rings. The topological polar surface area (TPSA) is 52.0 Å². The summed E-state index contributed by atoms with van der Waals surface area (Å²) in [6.07, 6.45) is 5.32. The Bertz CT molecular complexity index is 472. The third-order valence-corrected chi connectivity index (χ3v) is 3.98. The van der Waals surface area contributed by atoms with Crippen LogP contribution in [0.4, 0.5) is 5.82 Å². The summed E-state index contributed by atoms with van der Waals surface area (Å²) in [5.74, 6) is 1.57. The van der Waals surface area contributed by atoms with Crippen LogP contribution < -0.4 is 10.2 Å². The number of nitrogens with zero attached hydrogens (tertiary/aromatic N) is 3. The van der Waals surface area contributed by atoms with E-state index in [9.17, 15) is 5.26 Å². The summed E-state index contributed by atoms with van der Waals surface area (Å²) < 4.78 is 0. The number of pyridine rings is 1. The van der Waals surface area contributed by atoms with Gasteiger partial charge in [-0.1, -0.05) is 6.92 Å². The fourth-order valence-corrected chi connectivity index (χ4v) is 2.85. The van der Waals surface area contributed by atoms with Gasteiger partial charge in [0.1, 0.15) is 11.9 Å². The highest BCUT2D eigenvalue weighted by atomic mass is 15.2. The van der Waals surface area contributed by atoms with Gasteiger partial charge in [0.25, 0.3) is 0 Å². The Morgan fingerprint density at radius 2 is 2.20 bits per heavy atom. The van der Waals surface area contributed by atoms with Gasteiger partial charge in [0.15, 0.2) is 0 Å². The van der Waals surface area contributed by atoms with Gasteiger partial charge in [-0.2, -0.15) is 5.26 Å². The van der Waals surface area contributed by atoms with Gasteiger partial charge in [-0.3, -0.25) is 0 Å². The van der Waals surface area contributed by atoms with Crippen molar-refractivity contribution >= 4 is 5.82 Å². The number of piperidine rings is 1. The number of hydrogen-bond acceptors (Lipinski definition) is 4. The van der Waals surface area contributed by atoms with E-state index in [0.29, 0.717) is 5.92 Å². The Kier molecular flexibility index (Phi) is 5.37. The first-order chi connectivity index (χ1) is 9.76. The van der Waals surface area contributed by atoms with Crippen LogP contribution in [0.2, 0.25) is 0 Å². The first-order valence-corrected chi connectivity index (χ1v) is 7.57. The summed E-state index contributed by atoms with van der Waals surface area (Å²) in [4.78, 5) is 6.79. The summed E-state index contributed by atoms with van der Waals surface area (Å²) in [5.41, 5.74) is 1.75. The molecule has 1 saturated heterocycles. The largest absolute Gasteiger partial charge is 0.355 e. The van der Waals surface area contributed by atoms with Crippen LogP contribution in [-0.4, -0.2) is 31.2 Å². The van der Waals surface area contributed by atoms with Gasteiger partial charge < -0.3 is 10.2 Å². The van der Waals surface area contributed by atoms with Crippen LogP contribution in [0, 0.1) is 24.2 Å². The normalized spacial score (nSPS) is 15.8. The van der Waals surface area contributed by atoms with Crippen molar-refractivity contribution in [2.24, 2.45) is 5.92 Å². The Hall–Kier alpha value is -1.60. The second kappa shape index (κ2) is 7.25. The molecule has 0 aromatic carbocycles. The van der Waals surface area contributed by atoms with Crippen LogP contribution in [0.15, 0.2) is 12.3 Å². The Balaban J connectivity index is 2.19. The molecule has 0 bridgehead atoms. The molecule has 0 spiro atoms. The zero-order valence-corrected chi connectivity index (χ0v) is 12.5. The molecule has 4 heteroatoms. The van der Waals surface area contributed by atoms with Crippen LogP contribution in [0.1, 0.15) is 37.3 Å². The lowest BCUT2D eigenvalue weighted by Crippen LogP contribution is -2.37. The number of anilines is 1. The lowest BCUT2D eigenvalue weighted by molar-refractivity contribution is 0.372. The molecule has 0 amide bonds. The van der Waals surface area contributed by atoms with Crippen molar-refractivity contribution in [1.29, 1.82) is 5.26 Å². The van der Waals surface area contributed by atoms with Gasteiger partial charge in [-0.25, -0.2) is 4.98 Å². The molecule has 108 valence electrons. The smallest absolute Gasteiger partial charge is 0.146 e. The van der Waals surface area contributed by atoms with E-state index in [4.69, 9.17) is 0 Å². The van der Waals surface area contributed by atoms with Crippen molar-refractivity contribution in [3.63, 3.8) is 0 Å². The van der Waals surface area contributed by atoms with Crippen molar-refractivity contribution in [3.05, 3.63) is 23.4 Å². The van der Waals surface area contributed by atoms with Gasteiger partial charge in [0.05, 0.1) is 5.56 Å². The van der Waals surface area contributed by atoms with Gasteiger partial charge in [-0.05, 0) is 56.8 Å². The second-order valence-corrected chi connectivity index (χ2v) is 5.58. The van der Waals surface area contributed by atoms with Crippen LogP contribution in [0.5, 0.6) is 0 Å². The molecule has 1 N–H and O–H groups in total. The number of hydrogen-bond donors (Lipinski definition) is 1. The highest BCUT2D eigenvalue weighted by molar-refractivity contribution is 5.57. The quantitative estimate of drug-likeness (QED) is 0.894. The van der Waals surface area contributed by atoms with E-state index >= 15 is 0 Å². The number of aromatic nitrogens is 1. The lowest BCUT2D eigenvalue weighted by Gasteiger charge is -2.31. The van der Waals surface area contributed by atoms with E-state index in [1.165, 1.54) is 12.8 Å². The molecule has 0 radical (unpaired) electrons. The van der Waals surface area contributed by atoms with E-state index in [0.717, 1.165) is 49.5 Å². The van der Waals surface area contributed by atoms with Crippen molar-refractivity contribution in [2.75, 3.05) is 31.1 Å². The third kappa shape index (κ3) is 3.49. The summed E-state index contributed by atoms with van der Waals surface area (Å²) in [7, 11) is 0. The third-order valence-electron chi connectivity index (χ3n) is 3.98. The average molecular weight is 272 g/mol. The molecule has 0 aliphatic carbocycles. The SMILES string of the molecule is CCCN(CC1CCNCC1)c1nccc(C)c1C#N. The highest BCUT2D eigenvalue weighted by Gasteiger charge is 2.20. The standard InChI is InChI=1S/C16H24N4/c1-3-10-20(12-14-5-7-18-8-6-14)16-15(11-17)13(2)4-9-19-16/h4,9,14,18H,3,5-8,10,12H2,1-2H3. The van der Waals surface area contributed by atoms with E-state index in [2.05, 4.69) is 28.2 Å². The van der Waals surface area contributed by atoms with Crippen LogP contribution in [0.3, 0.4) is 0 Å². The number of aryl methyl sites for hydroxylation is 1. The molecule has 0 unspecified atom stereocenters. The van der Waals surface area contributed by atoms with Crippen molar-refractivity contribution < 1.29 is 0 Å². The maximum absolute atomic E-state index is 9.40. The van der Waals surface area contributed by atoms with Crippen LogP contribution in [0.25, 0.3) is 0 Å². The van der Waals surface area contributed by atoms with E-state index < -0.39 is 0 Å². The summed E-state index contributed by atoms with van der Waals surface area (Å²) in [5, 5.41) is 12.8. The fourth-order valence-electron chi connectivity index (χ4n) is 2.85. The molecule has 1 aromatic rings. The van der Waals surface area contributed by atoms with E-state index in [1.54, 1.807) is 0 Å². The predicted molar refractivity (Wildman–Crippen MR) is 81.8 cm³/mol. The molecule has 0 atom stereocenters. The number of rotatable bonds is 5. The molecule has 1 aromatic heterocycles. The van der Waals surface area contributed by atoms with Gasteiger partial charge in [0.2, 0.25) is 0 Å². The molecule has 1 aliphatic rings. The summed E-state index contributed by atoms with van der Waals surface area (Å²) >= 11 is 0. The van der Waals surface area contributed by atoms with E-state index in [-0.39, 0.29) is 0 Å². The van der Waals surface area contributed by atoms with Crippen molar-refractivity contribution in [1.82, 2.24) is 10.3 Å². The number of nitriles is 1. The first kappa shape index (κ1) is 14.8. The second-order valence-electron chi connectivity index (χ2n) is 5.58. The zero-order chi connectivity index (χ0) is 14.4. The van der Waals surface area contributed by atoms with Crippen molar-refractivity contribution in [3.8, 4) is 6.07 Å². The maximum atomic E-state index is 9.40. The average Bonchev–Trinajstić information content (AvgIpc) is 2.47. The Labute approximate surface area is 121 Å². The van der Waals surface area contributed by atoms with Crippen LogP contribution in [-0.2, 0) is 0 Å². The van der Waals surface area contributed by atoms with E-state index in [1.807, 2.05) is 19.2 Å². The molecule has 0 saturated carbocycles. The molecular formula is C16H24N4. The molecule has 2 rings (SSSR count). The van der Waals surface area contributed by atoms with Gasteiger partial charge >= 0.3 is 0 Å². The summed E-state index contributed by atoms with van der Waals surface area (Å²) in [6, 6.07) is 4.24. The Morgan fingerprint density at radius 3 is 2.85 bits per heavy atom. The minimum absolute atomic E-state index is 0.705. The fraction of sp³-hybridized carbons (Fsp3) is 0.625. The monoisotopic (exact) mass is 272 g/mol. The molecule has 4 nitrogen and oxygen atoms in total. The van der Waals surface area contributed by atoms with Gasteiger partial charge in [-0.15, -0.1) is 0 Å². The predicted octanol–water partition coefficient (Wildman–Crippen LogP) is 2.48. The molecule has 20 heavy (non-hydrogen) atoms. The van der Waals surface area contributed by atoms with Gasteiger partial charge in [0, 0.05) is 19.3 Å². The molecular weight excluding hydrogens is 248 g/mol. The minimum Gasteiger partial charge on any atom is -0.355 e. The number of nitrogens with one attached hydrogen (secondary N) is 1. The lowest BCUT2D eigenvalue weighted by atomic mass is 9.97. The highest BCUT2D eigenvalue weighted by Crippen LogP contribution is 2.23. The summed E-state index contributed by atoms with van der Waals surface area (Å²) in [6.45, 7) is 8.36. The van der Waals surface area contributed by atoms with Crippen LogP contribution >= 0.6 is 0 Å². The molecule has 1 aliphatic heterocycles. The van der Waals surface area contributed by atoms with Crippen molar-refractivity contribution in [2.45, 2.75) is 33.1 Å². The maximum Gasteiger partial charge on any atom is 0.146 e. The first-order valence-electron chi connectivity index (χ1n) is 7.57. The minimum atomic E-state index is 0.705. The Morgan fingerprint density at radius 1 is 1.45 bits per heavy atom.